The number of carbonyl (C=O) groups excluding carboxylic acids is 2. The van der Waals surface area contributed by atoms with Crippen molar-refractivity contribution in [2.24, 2.45) is 0 Å². The van der Waals surface area contributed by atoms with Crippen LogP contribution < -0.4 is 16.0 Å². The third kappa shape index (κ3) is 4.98. The van der Waals surface area contributed by atoms with Crippen LogP contribution in [0.15, 0.2) is 71.3 Å². The lowest BCUT2D eigenvalue weighted by atomic mass is 10.2. The van der Waals surface area contributed by atoms with Crippen LogP contribution >= 0.6 is 15.9 Å². The van der Waals surface area contributed by atoms with Crippen LogP contribution in [0.3, 0.4) is 0 Å². The van der Waals surface area contributed by atoms with E-state index in [1.807, 2.05) is 48.0 Å². The molecule has 0 saturated carbocycles. The molecular formula is C20H19BrN4O2. The monoisotopic (exact) mass is 426 g/mol. The fourth-order valence-corrected chi connectivity index (χ4v) is 3.04. The highest BCUT2D eigenvalue weighted by Crippen LogP contribution is 2.18. The van der Waals surface area contributed by atoms with Gasteiger partial charge in [-0.05, 0) is 65.3 Å². The number of rotatable bonds is 5. The Kier molecular flexibility index (Phi) is 5.93. The Morgan fingerprint density at radius 3 is 2.04 bits per heavy atom. The molecule has 7 heteroatoms. The number of aromatic nitrogens is 1. The summed E-state index contributed by atoms with van der Waals surface area (Å²) in [7, 11) is 0. The first-order valence-corrected chi connectivity index (χ1v) is 9.24. The Balaban J connectivity index is 1.60. The van der Waals surface area contributed by atoms with E-state index in [1.165, 1.54) is 0 Å². The Bertz CT molecular complexity index is 936. The van der Waals surface area contributed by atoms with Crippen molar-refractivity contribution in [3.05, 3.63) is 77.0 Å². The maximum atomic E-state index is 12.4. The van der Waals surface area contributed by atoms with Gasteiger partial charge in [0.05, 0.1) is 0 Å². The maximum absolute atomic E-state index is 12.4. The average Bonchev–Trinajstić information content (AvgIpc) is 3.05. The zero-order valence-electron chi connectivity index (χ0n) is 14.7. The molecule has 27 heavy (non-hydrogen) atoms. The zero-order chi connectivity index (χ0) is 19.2. The van der Waals surface area contributed by atoms with Crippen molar-refractivity contribution in [1.29, 1.82) is 0 Å². The molecule has 0 radical (unpaired) electrons. The summed E-state index contributed by atoms with van der Waals surface area (Å²) in [5.74, 6) is -0.190. The van der Waals surface area contributed by atoms with E-state index in [0.717, 1.165) is 4.47 Å². The second kappa shape index (κ2) is 8.55. The number of hydrogen-bond acceptors (Lipinski definition) is 2. The van der Waals surface area contributed by atoms with Gasteiger partial charge in [-0.15, -0.1) is 0 Å². The first-order chi connectivity index (χ1) is 13.0. The Labute approximate surface area is 165 Å². The van der Waals surface area contributed by atoms with Gasteiger partial charge in [-0.25, -0.2) is 4.79 Å². The molecule has 0 aliphatic rings. The lowest BCUT2D eigenvalue weighted by Crippen LogP contribution is -2.19. The van der Waals surface area contributed by atoms with Crippen molar-refractivity contribution in [3.63, 3.8) is 0 Å². The molecule has 0 atom stereocenters. The predicted octanol–water partition coefficient (Wildman–Crippen LogP) is 5.17. The normalized spacial score (nSPS) is 10.3. The van der Waals surface area contributed by atoms with Crippen molar-refractivity contribution in [3.8, 4) is 0 Å². The highest BCUT2D eigenvalue weighted by Gasteiger charge is 2.12. The summed E-state index contributed by atoms with van der Waals surface area (Å²) in [6.45, 7) is 2.68. The zero-order valence-corrected chi connectivity index (χ0v) is 16.3. The van der Waals surface area contributed by atoms with Crippen LogP contribution in [-0.2, 0) is 6.54 Å². The van der Waals surface area contributed by atoms with E-state index >= 15 is 0 Å². The number of hydrogen-bond donors (Lipinski definition) is 3. The minimum Gasteiger partial charge on any atom is -0.343 e. The fourth-order valence-electron chi connectivity index (χ4n) is 2.57. The van der Waals surface area contributed by atoms with Crippen LogP contribution in [0, 0.1) is 0 Å². The van der Waals surface area contributed by atoms with E-state index in [-0.39, 0.29) is 11.9 Å². The Hall–Kier alpha value is -3.06. The van der Waals surface area contributed by atoms with Crippen molar-refractivity contribution in [2.45, 2.75) is 13.5 Å². The Morgan fingerprint density at radius 2 is 1.44 bits per heavy atom. The van der Waals surface area contributed by atoms with Gasteiger partial charge in [0.25, 0.3) is 5.91 Å². The number of halogens is 1. The SMILES string of the molecule is CCn1cc(Br)cc1C(=O)Nc1ccc(NC(=O)Nc2ccccc2)cc1. The molecule has 138 valence electrons. The van der Waals surface area contributed by atoms with E-state index in [2.05, 4.69) is 31.9 Å². The number of aryl methyl sites for hydroxylation is 1. The Morgan fingerprint density at radius 1 is 0.889 bits per heavy atom. The average molecular weight is 427 g/mol. The summed E-state index contributed by atoms with van der Waals surface area (Å²) in [5, 5.41) is 8.36. The van der Waals surface area contributed by atoms with E-state index in [1.54, 1.807) is 30.3 Å². The van der Waals surface area contributed by atoms with Gasteiger partial charge in [0.15, 0.2) is 0 Å². The van der Waals surface area contributed by atoms with Crippen molar-refractivity contribution >= 4 is 44.9 Å². The van der Waals surface area contributed by atoms with Crippen LogP contribution in [0.2, 0.25) is 0 Å². The number of anilines is 3. The molecule has 0 aliphatic carbocycles. The molecule has 3 rings (SSSR count). The minimum atomic E-state index is -0.330. The van der Waals surface area contributed by atoms with E-state index in [0.29, 0.717) is 29.3 Å². The minimum absolute atomic E-state index is 0.190. The highest BCUT2D eigenvalue weighted by atomic mass is 79.9. The molecule has 0 saturated heterocycles. The molecule has 3 aromatic rings. The van der Waals surface area contributed by atoms with Gasteiger partial charge in [-0.1, -0.05) is 18.2 Å². The predicted molar refractivity (Wildman–Crippen MR) is 111 cm³/mol. The standard InChI is InChI=1S/C20H19BrN4O2/c1-2-25-13-14(21)12-18(25)19(26)22-16-8-10-17(11-9-16)24-20(27)23-15-6-4-3-5-7-15/h3-13H,2H2,1H3,(H,22,26)(H2,23,24,27). The van der Waals surface area contributed by atoms with Crippen LogP contribution in [0.5, 0.6) is 0 Å². The maximum Gasteiger partial charge on any atom is 0.323 e. The fraction of sp³-hybridized carbons (Fsp3) is 0.100. The number of para-hydroxylation sites is 1. The number of amides is 3. The molecule has 1 aromatic heterocycles. The number of benzene rings is 2. The lowest BCUT2D eigenvalue weighted by molar-refractivity contribution is 0.101. The van der Waals surface area contributed by atoms with Gasteiger partial charge < -0.3 is 20.5 Å². The number of carbonyl (C=O) groups is 2. The van der Waals surface area contributed by atoms with Crippen LogP contribution in [0.1, 0.15) is 17.4 Å². The molecular weight excluding hydrogens is 408 g/mol. The molecule has 0 aliphatic heterocycles. The van der Waals surface area contributed by atoms with Crippen molar-refractivity contribution < 1.29 is 9.59 Å². The van der Waals surface area contributed by atoms with Gasteiger partial charge in [0.2, 0.25) is 0 Å². The molecule has 3 N–H and O–H groups in total. The molecule has 1 heterocycles. The van der Waals surface area contributed by atoms with Gasteiger partial charge in [0, 0.05) is 34.3 Å². The second-order valence-corrected chi connectivity index (χ2v) is 6.72. The molecule has 0 unspecified atom stereocenters. The van der Waals surface area contributed by atoms with E-state index in [4.69, 9.17) is 0 Å². The summed E-state index contributed by atoms with van der Waals surface area (Å²) < 4.78 is 2.72. The first-order valence-electron chi connectivity index (χ1n) is 8.45. The number of nitrogens with one attached hydrogen (secondary N) is 3. The summed E-state index contributed by atoms with van der Waals surface area (Å²) in [5.41, 5.74) is 2.56. The largest absolute Gasteiger partial charge is 0.343 e. The summed E-state index contributed by atoms with van der Waals surface area (Å²) >= 11 is 3.39. The van der Waals surface area contributed by atoms with Gasteiger partial charge in [-0.3, -0.25) is 4.79 Å². The summed E-state index contributed by atoms with van der Waals surface area (Å²) in [6.07, 6.45) is 1.87. The molecule has 2 aromatic carbocycles. The van der Waals surface area contributed by atoms with Gasteiger partial charge >= 0.3 is 6.03 Å². The van der Waals surface area contributed by atoms with Gasteiger partial charge in [-0.2, -0.15) is 0 Å². The summed E-state index contributed by atoms with van der Waals surface area (Å²) in [6, 6.07) is 17.6. The van der Waals surface area contributed by atoms with Crippen molar-refractivity contribution in [2.75, 3.05) is 16.0 Å². The third-order valence-corrected chi connectivity index (χ3v) is 4.30. The third-order valence-electron chi connectivity index (χ3n) is 3.87. The van der Waals surface area contributed by atoms with Gasteiger partial charge in [0.1, 0.15) is 5.69 Å². The second-order valence-electron chi connectivity index (χ2n) is 5.81. The topological polar surface area (TPSA) is 75.2 Å². The molecule has 0 spiro atoms. The first kappa shape index (κ1) is 18.7. The van der Waals surface area contributed by atoms with Crippen LogP contribution in [0.25, 0.3) is 0 Å². The lowest BCUT2D eigenvalue weighted by Gasteiger charge is -2.10. The summed E-state index contributed by atoms with van der Waals surface area (Å²) in [4.78, 5) is 24.4. The quantitative estimate of drug-likeness (QED) is 0.526. The molecule has 6 nitrogen and oxygen atoms in total. The number of urea groups is 1. The van der Waals surface area contributed by atoms with Crippen LogP contribution in [-0.4, -0.2) is 16.5 Å². The van der Waals surface area contributed by atoms with Crippen molar-refractivity contribution in [1.82, 2.24) is 4.57 Å². The van der Waals surface area contributed by atoms with E-state index in [9.17, 15) is 9.59 Å². The molecule has 0 fully saturated rings. The van der Waals surface area contributed by atoms with Crippen LogP contribution in [0.4, 0.5) is 21.9 Å². The highest BCUT2D eigenvalue weighted by molar-refractivity contribution is 9.10. The molecule has 3 amide bonds. The number of nitrogens with zero attached hydrogens (tertiary/aromatic N) is 1. The smallest absolute Gasteiger partial charge is 0.323 e. The molecule has 0 bridgehead atoms. The van der Waals surface area contributed by atoms with E-state index < -0.39 is 0 Å².